The van der Waals surface area contributed by atoms with Crippen LogP contribution in [0, 0.1) is 19.7 Å². The molecule has 9 aromatic rings. The Kier molecular flexibility index (Phi) is 6.56. The molecule has 0 bridgehead atoms. The van der Waals surface area contributed by atoms with Crippen molar-refractivity contribution in [1.29, 1.82) is 0 Å². The summed E-state index contributed by atoms with van der Waals surface area (Å²) < 4.78 is 4.40. The summed E-state index contributed by atoms with van der Waals surface area (Å²) >= 11 is 0. The average molecular weight is 636 g/mol. The summed E-state index contributed by atoms with van der Waals surface area (Å²) in [4.78, 5) is 11.4. The van der Waals surface area contributed by atoms with Crippen molar-refractivity contribution < 1.29 is 0 Å². The summed E-state index contributed by atoms with van der Waals surface area (Å²) in [6, 6.07) is 51.5. The maximum atomic E-state index is 8.25. The van der Waals surface area contributed by atoms with Gasteiger partial charge < -0.3 is 9.13 Å². The number of aromatic nitrogens is 2. The molecule has 50 heavy (non-hydrogen) atoms. The SMILES string of the molecule is [C-]#[N+]c1ccc2c(c1)c1ccccc1n2-c1c(-c2cccc(-c3ccc(-n4c5ccccc5c5ccccc54)cc3)c2)ccc([N+]#[C-])c1[N+]#[C-]. The third-order valence-electron chi connectivity index (χ3n) is 9.58. The molecule has 0 aliphatic rings. The van der Waals surface area contributed by atoms with Crippen molar-refractivity contribution in [2.45, 2.75) is 0 Å². The van der Waals surface area contributed by atoms with Crippen LogP contribution in [-0.4, -0.2) is 9.13 Å². The third kappa shape index (κ3) is 4.31. The molecular weight excluding hydrogens is 611 g/mol. The summed E-state index contributed by atoms with van der Waals surface area (Å²) in [6.07, 6.45) is 0. The van der Waals surface area contributed by atoms with E-state index in [0.717, 1.165) is 49.7 Å². The van der Waals surface area contributed by atoms with Gasteiger partial charge >= 0.3 is 0 Å². The molecule has 7 aromatic carbocycles. The molecule has 5 heteroatoms. The molecule has 0 N–H and O–H groups in total. The molecule has 0 radical (unpaired) electrons. The van der Waals surface area contributed by atoms with Crippen molar-refractivity contribution in [1.82, 2.24) is 9.13 Å². The zero-order valence-corrected chi connectivity index (χ0v) is 26.7. The first-order chi connectivity index (χ1) is 24.7. The Morgan fingerprint density at radius 3 is 1.64 bits per heavy atom. The Bertz CT molecular complexity index is 2900. The summed E-state index contributed by atoms with van der Waals surface area (Å²) in [6.45, 7) is 23.8. The Hall–Kier alpha value is -7.39. The van der Waals surface area contributed by atoms with E-state index in [2.05, 4.69) is 115 Å². The predicted molar refractivity (Wildman–Crippen MR) is 205 cm³/mol. The highest BCUT2D eigenvalue weighted by Gasteiger charge is 2.22. The lowest BCUT2D eigenvalue weighted by molar-refractivity contribution is 1.18. The van der Waals surface area contributed by atoms with E-state index in [1.165, 1.54) is 21.8 Å². The summed E-state index contributed by atoms with van der Waals surface area (Å²) in [5.74, 6) is 0. The minimum atomic E-state index is 0.301. The number of nitrogens with zero attached hydrogens (tertiary/aromatic N) is 5. The van der Waals surface area contributed by atoms with E-state index in [9.17, 15) is 0 Å². The summed E-state index contributed by atoms with van der Waals surface area (Å²) in [5, 5.41) is 4.38. The highest BCUT2D eigenvalue weighted by atomic mass is 15.0. The number of benzene rings is 7. The van der Waals surface area contributed by atoms with Gasteiger partial charge in [0, 0.05) is 27.5 Å². The molecule has 0 spiro atoms. The van der Waals surface area contributed by atoms with E-state index >= 15 is 0 Å². The smallest absolute Gasteiger partial charge is 0.218 e. The van der Waals surface area contributed by atoms with Crippen LogP contribution in [0.15, 0.2) is 152 Å². The number of para-hydroxylation sites is 3. The van der Waals surface area contributed by atoms with Crippen molar-refractivity contribution in [2.75, 3.05) is 0 Å². The van der Waals surface area contributed by atoms with Crippen molar-refractivity contribution >= 4 is 60.7 Å². The van der Waals surface area contributed by atoms with Gasteiger partial charge in [-0.2, -0.15) is 0 Å². The van der Waals surface area contributed by atoms with Gasteiger partial charge in [-0.1, -0.05) is 103 Å². The van der Waals surface area contributed by atoms with Crippen LogP contribution in [0.25, 0.3) is 91.8 Å². The van der Waals surface area contributed by atoms with Crippen molar-refractivity contribution in [3.05, 3.63) is 186 Å². The standard InChI is InChI=1S/C45H25N5/c1-46-32-21-26-43-38(28-32)37-15-6-9-18-42(37)50(43)45-34(24-25-39(47-2)44(45)48-3)31-12-10-11-30(27-31)29-19-22-33(23-20-29)49-40-16-7-4-13-35(40)36-14-5-8-17-41(36)49/h4-28H. The molecule has 0 aliphatic carbocycles. The van der Waals surface area contributed by atoms with Gasteiger partial charge in [0.15, 0.2) is 11.4 Å². The molecule has 2 aromatic heterocycles. The Labute approximate surface area is 288 Å². The van der Waals surface area contributed by atoms with Gasteiger partial charge in [-0.25, -0.2) is 9.69 Å². The van der Waals surface area contributed by atoms with E-state index in [4.69, 9.17) is 19.7 Å². The van der Waals surface area contributed by atoms with Crippen LogP contribution in [0.2, 0.25) is 0 Å². The molecule has 0 amide bonds. The maximum Gasteiger partial charge on any atom is 0.218 e. The van der Waals surface area contributed by atoms with Gasteiger partial charge in [-0.3, -0.25) is 4.85 Å². The first-order valence-electron chi connectivity index (χ1n) is 16.2. The molecule has 2 heterocycles. The number of fused-ring (bicyclic) bond motifs is 6. The van der Waals surface area contributed by atoms with E-state index in [1.54, 1.807) is 6.07 Å². The zero-order chi connectivity index (χ0) is 33.8. The van der Waals surface area contributed by atoms with Gasteiger partial charge in [0.05, 0.1) is 41.8 Å². The molecule has 5 nitrogen and oxygen atoms in total. The molecule has 0 fully saturated rings. The van der Waals surface area contributed by atoms with Crippen LogP contribution >= 0.6 is 0 Å². The van der Waals surface area contributed by atoms with Gasteiger partial charge in [0.2, 0.25) is 5.69 Å². The summed E-state index contributed by atoms with van der Waals surface area (Å²) in [7, 11) is 0. The van der Waals surface area contributed by atoms with E-state index in [-0.39, 0.29) is 0 Å². The Morgan fingerprint density at radius 1 is 0.400 bits per heavy atom. The molecule has 0 aliphatic heterocycles. The first kappa shape index (κ1) is 28.8. The quantitative estimate of drug-likeness (QED) is 0.172. The molecule has 230 valence electrons. The third-order valence-corrected chi connectivity index (χ3v) is 9.58. The molecule has 0 saturated heterocycles. The second kappa shape index (κ2) is 11.4. The van der Waals surface area contributed by atoms with Crippen molar-refractivity contribution in [3.8, 4) is 33.6 Å². The van der Waals surface area contributed by atoms with Gasteiger partial charge in [0.1, 0.15) is 0 Å². The minimum Gasteiger partial charge on any atom is -0.320 e. The van der Waals surface area contributed by atoms with Crippen molar-refractivity contribution in [3.63, 3.8) is 0 Å². The fourth-order valence-corrected chi connectivity index (χ4v) is 7.37. The Morgan fingerprint density at radius 2 is 1.00 bits per heavy atom. The molecular formula is C45H25N5. The number of hydrogen-bond acceptors (Lipinski definition) is 0. The summed E-state index contributed by atoms with van der Waals surface area (Å²) in [5.41, 5.74) is 11.0. The maximum absolute atomic E-state index is 8.25. The van der Waals surface area contributed by atoms with Crippen LogP contribution in [0.5, 0.6) is 0 Å². The van der Waals surface area contributed by atoms with Gasteiger partial charge in [-0.15, -0.1) is 0 Å². The monoisotopic (exact) mass is 635 g/mol. The fourth-order valence-electron chi connectivity index (χ4n) is 7.37. The minimum absolute atomic E-state index is 0.301. The predicted octanol–water partition coefficient (Wildman–Crippen LogP) is 12.9. The van der Waals surface area contributed by atoms with Gasteiger partial charge in [0.25, 0.3) is 0 Å². The lowest BCUT2D eigenvalue weighted by atomic mass is 9.96. The second-order valence-electron chi connectivity index (χ2n) is 12.2. The fraction of sp³-hybridized carbons (Fsp3) is 0. The molecule has 9 rings (SSSR count). The highest BCUT2D eigenvalue weighted by molar-refractivity contribution is 6.12. The van der Waals surface area contributed by atoms with Crippen LogP contribution < -0.4 is 0 Å². The molecule has 0 saturated carbocycles. The average Bonchev–Trinajstić information content (AvgIpc) is 3.70. The van der Waals surface area contributed by atoms with Crippen molar-refractivity contribution in [2.24, 2.45) is 0 Å². The molecule has 0 atom stereocenters. The van der Waals surface area contributed by atoms with Crippen LogP contribution in [0.3, 0.4) is 0 Å². The van der Waals surface area contributed by atoms with E-state index in [1.807, 2.05) is 54.6 Å². The topological polar surface area (TPSA) is 22.9 Å². The van der Waals surface area contributed by atoms with E-state index in [0.29, 0.717) is 22.7 Å². The van der Waals surface area contributed by atoms with Crippen LogP contribution in [-0.2, 0) is 0 Å². The van der Waals surface area contributed by atoms with Crippen LogP contribution in [0.1, 0.15) is 0 Å². The van der Waals surface area contributed by atoms with Crippen LogP contribution in [0.4, 0.5) is 17.1 Å². The highest BCUT2D eigenvalue weighted by Crippen LogP contribution is 2.46. The number of rotatable bonds is 4. The lowest BCUT2D eigenvalue weighted by Crippen LogP contribution is -1.98. The van der Waals surface area contributed by atoms with E-state index < -0.39 is 0 Å². The largest absolute Gasteiger partial charge is 0.320 e. The second-order valence-corrected chi connectivity index (χ2v) is 12.2. The zero-order valence-electron chi connectivity index (χ0n) is 26.7. The normalized spacial score (nSPS) is 11.1. The Balaban J connectivity index is 1.21. The number of hydrogen-bond donors (Lipinski definition) is 0. The first-order valence-corrected chi connectivity index (χ1v) is 16.2. The lowest BCUT2D eigenvalue weighted by Gasteiger charge is -2.18. The molecule has 0 unspecified atom stereocenters. The van der Waals surface area contributed by atoms with Gasteiger partial charge in [-0.05, 0) is 76.2 Å².